The summed E-state index contributed by atoms with van der Waals surface area (Å²) in [5, 5.41) is 3.45. The molecule has 4 nitrogen and oxygen atoms in total. The molecule has 1 saturated heterocycles. The summed E-state index contributed by atoms with van der Waals surface area (Å²) in [4.78, 5) is 14.5. The molecule has 1 unspecified atom stereocenters. The van der Waals surface area contributed by atoms with Crippen LogP contribution < -0.4 is 5.32 Å². The number of piperazine rings is 1. The summed E-state index contributed by atoms with van der Waals surface area (Å²) in [6.45, 7) is 8.73. The normalized spacial score (nSPS) is 18.1. The van der Waals surface area contributed by atoms with Crippen LogP contribution in [0.4, 0.5) is 0 Å². The Bertz CT molecular complexity index is 799. The lowest BCUT2D eigenvalue weighted by Crippen LogP contribution is -2.54. The molecule has 1 atom stereocenters. The standard InChI is InChI=1S/C23H29BrN2O2/c1-23(2,3)28-22(27)16-26-12-11-25-15-21(26)13-17-7-9-18(10-8-17)19-5-4-6-20(24)14-19/h4-10,14,21,25H,11-13,15-16H2,1-3H3. The molecule has 1 N–H and O–H groups in total. The Labute approximate surface area is 176 Å². The molecule has 150 valence electrons. The van der Waals surface area contributed by atoms with Crippen molar-refractivity contribution >= 4 is 21.9 Å². The van der Waals surface area contributed by atoms with E-state index in [1.165, 1.54) is 16.7 Å². The molecular formula is C23H29BrN2O2. The second-order valence-corrected chi connectivity index (χ2v) is 9.24. The number of ether oxygens (including phenoxy) is 1. The lowest BCUT2D eigenvalue weighted by molar-refractivity contribution is -0.157. The maximum atomic E-state index is 12.3. The van der Waals surface area contributed by atoms with E-state index in [9.17, 15) is 4.79 Å². The number of benzene rings is 2. The van der Waals surface area contributed by atoms with Gasteiger partial charge in [0.1, 0.15) is 5.60 Å². The van der Waals surface area contributed by atoms with Crippen LogP contribution in [-0.4, -0.2) is 48.7 Å². The maximum absolute atomic E-state index is 12.3. The number of hydrogen-bond acceptors (Lipinski definition) is 4. The van der Waals surface area contributed by atoms with Crippen LogP contribution in [-0.2, 0) is 16.0 Å². The Hall–Kier alpha value is -1.69. The van der Waals surface area contributed by atoms with Gasteiger partial charge in [0.05, 0.1) is 6.54 Å². The molecule has 2 aromatic carbocycles. The van der Waals surface area contributed by atoms with E-state index in [4.69, 9.17) is 4.74 Å². The van der Waals surface area contributed by atoms with Crippen molar-refractivity contribution in [1.29, 1.82) is 0 Å². The number of carbonyl (C=O) groups excluding carboxylic acids is 1. The average molecular weight is 445 g/mol. The molecule has 0 radical (unpaired) electrons. The van der Waals surface area contributed by atoms with Gasteiger partial charge in [-0.3, -0.25) is 9.69 Å². The van der Waals surface area contributed by atoms with Crippen molar-refractivity contribution < 1.29 is 9.53 Å². The van der Waals surface area contributed by atoms with Gasteiger partial charge >= 0.3 is 5.97 Å². The van der Waals surface area contributed by atoms with Crippen LogP contribution in [0.2, 0.25) is 0 Å². The molecule has 0 aliphatic carbocycles. The van der Waals surface area contributed by atoms with E-state index in [0.29, 0.717) is 6.54 Å². The zero-order valence-electron chi connectivity index (χ0n) is 16.9. The average Bonchev–Trinajstić information content (AvgIpc) is 2.62. The fraction of sp³-hybridized carbons (Fsp3) is 0.435. The molecule has 2 aromatic rings. The highest BCUT2D eigenvalue weighted by molar-refractivity contribution is 9.10. The first-order valence-corrected chi connectivity index (χ1v) is 10.6. The summed E-state index contributed by atoms with van der Waals surface area (Å²) in [5.74, 6) is -0.149. The van der Waals surface area contributed by atoms with E-state index in [-0.39, 0.29) is 12.0 Å². The van der Waals surface area contributed by atoms with E-state index in [0.717, 1.165) is 30.5 Å². The fourth-order valence-corrected chi connectivity index (χ4v) is 3.92. The molecule has 0 amide bonds. The lowest BCUT2D eigenvalue weighted by Gasteiger charge is -2.36. The number of nitrogens with one attached hydrogen (secondary N) is 1. The predicted molar refractivity (Wildman–Crippen MR) is 117 cm³/mol. The molecule has 1 heterocycles. The second-order valence-electron chi connectivity index (χ2n) is 8.33. The van der Waals surface area contributed by atoms with Gasteiger partial charge in [-0.2, -0.15) is 0 Å². The number of nitrogens with zero attached hydrogens (tertiary/aromatic N) is 1. The Morgan fingerprint density at radius 3 is 2.61 bits per heavy atom. The van der Waals surface area contributed by atoms with E-state index in [2.05, 4.69) is 68.6 Å². The summed E-state index contributed by atoms with van der Waals surface area (Å²) in [5.41, 5.74) is 3.24. The molecule has 0 saturated carbocycles. The van der Waals surface area contributed by atoms with E-state index < -0.39 is 5.60 Å². The fourth-order valence-electron chi connectivity index (χ4n) is 3.53. The van der Waals surface area contributed by atoms with Crippen LogP contribution >= 0.6 is 15.9 Å². The topological polar surface area (TPSA) is 41.6 Å². The van der Waals surface area contributed by atoms with Gasteiger partial charge in [0, 0.05) is 30.1 Å². The van der Waals surface area contributed by atoms with E-state index >= 15 is 0 Å². The van der Waals surface area contributed by atoms with Crippen molar-refractivity contribution in [2.24, 2.45) is 0 Å². The summed E-state index contributed by atoms with van der Waals surface area (Å²) < 4.78 is 6.59. The second kappa shape index (κ2) is 9.21. The molecule has 28 heavy (non-hydrogen) atoms. The highest BCUT2D eigenvalue weighted by atomic mass is 79.9. The lowest BCUT2D eigenvalue weighted by atomic mass is 9.99. The van der Waals surface area contributed by atoms with Crippen molar-refractivity contribution in [3.8, 4) is 11.1 Å². The van der Waals surface area contributed by atoms with Crippen molar-refractivity contribution in [3.05, 3.63) is 58.6 Å². The molecule has 0 spiro atoms. The number of carbonyl (C=O) groups is 1. The molecule has 3 rings (SSSR count). The van der Waals surface area contributed by atoms with Gasteiger partial charge in [0.2, 0.25) is 0 Å². The van der Waals surface area contributed by atoms with E-state index in [1.807, 2.05) is 26.8 Å². The summed E-state index contributed by atoms with van der Waals surface area (Å²) >= 11 is 3.53. The molecule has 0 bridgehead atoms. The van der Waals surface area contributed by atoms with Crippen LogP contribution in [0.15, 0.2) is 53.0 Å². The Balaban J connectivity index is 1.64. The minimum atomic E-state index is -0.442. The molecule has 5 heteroatoms. The minimum absolute atomic E-state index is 0.149. The van der Waals surface area contributed by atoms with Crippen LogP contribution in [0.5, 0.6) is 0 Å². The van der Waals surface area contributed by atoms with E-state index in [1.54, 1.807) is 0 Å². The minimum Gasteiger partial charge on any atom is -0.459 e. The quantitative estimate of drug-likeness (QED) is 0.698. The monoisotopic (exact) mass is 444 g/mol. The third-order valence-electron chi connectivity index (χ3n) is 4.81. The largest absolute Gasteiger partial charge is 0.459 e. The summed E-state index contributed by atoms with van der Waals surface area (Å²) in [6.07, 6.45) is 0.911. The van der Waals surface area contributed by atoms with Gasteiger partial charge in [-0.1, -0.05) is 52.3 Å². The Kier molecular flexibility index (Phi) is 6.91. The summed E-state index contributed by atoms with van der Waals surface area (Å²) in [6, 6.07) is 17.3. The van der Waals surface area contributed by atoms with Gasteiger partial charge in [-0.05, 0) is 56.0 Å². The zero-order valence-corrected chi connectivity index (χ0v) is 18.5. The van der Waals surface area contributed by atoms with Gasteiger partial charge in [0.15, 0.2) is 0 Å². The smallest absolute Gasteiger partial charge is 0.320 e. The first kappa shape index (κ1) is 21.0. The first-order valence-electron chi connectivity index (χ1n) is 9.82. The van der Waals surface area contributed by atoms with Gasteiger partial charge in [0.25, 0.3) is 0 Å². The third-order valence-corrected chi connectivity index (χ3v) is 5.30. The highest BCUT2D eigenvalue weighted by Crippen LogP contribution is 2.24. The molecule has 0 aromatic heterocycles. The zero-order chi connectivity index (χ0) is 20.1. The van der Waals surface area contributed by atoms with Gasteiger partial charge < -0.3 is 10.1 Å². The molecular weight excluding hydrogens is 416 g/mol. The van der Waals surface area contributed by atoms with Crippen molar-refractivity contribution in [2.75, 3.05) is 26.2 Å². The van der Waals surface area contributed by atoms with Crippen molar-refractivity contribution in [3.63, 3.8) is 0 Å². The Morgan fingerprint density at radius 2 is 1.93 bits per heavy atom. The summed E-state index contributed by atoms with van der Waals surface area (Å²) in [7, 11) is 0. The maximum Gasteiger partial charge on any atom is 0.320 e. The van der Waals surface area contributed by atoms with Crippen LogP contribution in [0.1, 0.15) is 26.3 Å². The molecule has 1 aliphatic heterocycles. The predicted octanol–water partition coefficient (Wildman–Crippen LogP) is 4.27. The van der Waals surface area contributed by atoms with Gasteiger partial charge in [-0.15, -0.1) is 0 Å². The van der Waals surface area contributed by atoms with Gasteiger partial charge in [-0.25, -0.2) is 0 Å². The first-order chi connectivity index (χ1) is 13.3. The third kappa shape index (κ3) is 6.16. The number of esters is 1. The Morgan fingerprint density at radius 1 is 1.18 bits per heavy atom. The highest BCUT2D eigenvalue weighted by Gasteiger charge is 2.26. The van der Waals surface area contributed by atoms with Crippen molar-refractivity contribution in [1.82, 2.24) is 10.2 Å². The molecule has 1 fully saturated rings. The van der Waals surface area contributed by atoms with Crippen LogP contribution in [0.3, 0.4) is 0 Å². The molecule has 1 aliphatic rings. The number of halogens is 1. The number of rotatable bonds is 5. The van der Waals surface area contributed by atoms with Crippen LogP contribution in [0.25, 0.3) is 11.1 Å². The van der Waals surface area contributed by atoms with Crippen LogP contribution in [0, 0.1) is 0 Å². The number of hydrogen-bond donors (Lipinski definition) is 1. The SMILES string of the molecule is CC(C)(C)OC(=O)CN1CCNCC1Cc1ccc(-c2cccc(Br)c2)cc1. The van der Waals surface area contributed by atoms with Crippen molar-refractivity contribution in [2.45, 2.75) is 38.8 Å².